The SMILES string of the molecule is CCC(C)c1cnc(CC(N)c2ccccc2)[nH]1. The Kier molecular flexibility index (Phi) is 4.15. The van der Waals surface area contributed by atoms with Crippen molar-refractivity contribution in [1.82, 2.24) is 9.97 Å². The van der Waals surface area contributed by atoms with E-state index in [9.17, 15) is 0 Å². The van der Waals surface area contributed by atoms with E-state index in [2.05, 4.69) is 35.9 Å². The number of nitrogens with zero attached hydrogens (tertiary/aromatic N) is 1. The van der Waals surface area contributed by atoms with Crippen LogP contribution in [0.4, 0.5) is 0 Å². The van der Waals surface area contributed by atoms with Crippen LogP contribution in [-0.2, 0) is 6.42 Å². The van der Waals surface area contributed by atoms with E-state index >= 15 is 0 Å². The molecule has 0 fully saturated rings. The van der Waals surface area contributed by atoms with Gasteiger partial charge in [-0.3, -0.25) is 0 Å². The maximum absolute atomic E-state index is 6.18. The summed E-state index contributed by atoms with van der Waals surface area (Å²) in [5, 5.41) is 0. The van der Waals surface area contributed by atoms with Gasteiger partial charge < -0.3 is 10.7 Å². The third-order valence-electron chi connectivity index (χ3n) is 3.43. The molecule has 3 heteroatoms. The van der Waals surface area contributed by atoms with E-state index in [1.54, 1.807) is 0 Å². The lowest BCUT2D eigenvalue weighted by molar-refractivity contribution is 0.679. The van der Waals surface area contributed by atoms with Crippen molar-refractivity contribution in [3.63, 3.8) is 0 Å². The molecule has 2 rings (SSSR count). The lowest BCUT2D eigenvalue weighted by Crippen LogP contribution is -2.14. The number of nitrogens with two attached hydrogens (primary N) is 1. The first-order valence-electron chi connectivity index (χ1n) is 6.55. The van der Waals surface area contributed by atoms with Crippen LogP contribution in [0, 0.1) is 0 Å². The molecule has 2 atom stereocenters. The highest BCUT2D eigenvalue weighted by Crippen LogP contribution is 2.18. The van der Waals surface area contributed by atoms with Crippen LogP contribution in [0.25, 0.3) is 0 Å². The first kappa shape index (κ1) is 12.8. The molecule has 2 aromatic rings. The van der Waals surface area contributed by atoms with Gasteiger partial charge in [-0.25, -0.2) is 4.98 Å². The topological polar surface area (TPSA) is 54.7 Å². The third kappa shape index (κ3) is 2.99. The zero-order chi connectivity index (χ0) is 13.0. The minimum atomic E-state index is 0.00197. The van der Waals surface area contributed by atoms with Crippen molar-refractivity contribution < 1.29 is 0 Å². The molecule has 0 aliphatic heterocycles. The number of aromatic nitrogens is 2. The zero-order valence-electron chi connectivity index (χ0n) is 11.1. The summed E-state index contributed by atoms with van der Waals surface area (Å²) in [7, 11) is 0. The number of hydrogen-bond acceptors (Lipinski definition) is 2. The van der Waals surface area contributed by atoms with Crippen LogP contribution < -0.4 is 5.73 Å². The molecular weight excluding hydrogens is 222 g/mol. The number of aromatic amines is 1. The Morgan fingerprint density at radius 2 is 2.00 bits per heavy atom. The Balaban J connectivity index is 2.03. The van der Waals surface area contributed by atoms with Gasteiger partial charge in [0.05, 0.1) is 0 Å². The second kappa shape index (κ2) is 5.83. The van der Waals surface area contributed by atoms with Gasteiger partial charge in [0, 0.05) is 24.4 Å². The summed E-state index contributed by atoms with van der Waals surface area (Å²) in [6.07, 6.45) is 3.80. The first-order chi connectivity index (χ1) is 8.70. The molecule has 96 valence electrons. The molecule has 0 amide bonds. The molecule has 0 spiro atoms. The van der Waals surface area contributed by atoms with Gasteiger partial charge in [-0.2, -0.15) is 0 Å². The Morgan fingerprint density at radius 3 is 2.67 bits per heavy atom. The van der Waals surface area contributed by atoms with E-state index in [0.29, 0.717) is 5.92 Å². The number of benzene rings is 1. The molecular formula is C15H21N3. The molecule has 0 radical (unpaired) electrons. The largest absolute Gasteiger partial charge is 0.346 e. The predicted molar refractivity (Wildman–Crippen MR) is 74.4 cm³/mol. The summed E-state index contributed by atoms with van der Waals surface area (Å²) in [5.41, 5.74) is 8.54. The average molecular weight is 243 g/mol. The smallest absolute Gasteiger partial charge is 0.108 e. The fourth-order valence-electron chi connectivity index (χ4n) is 1.98. The van der Waals surface area contributed by atoms with Gasteiger partial charge in [0.2, 0.25) is 0 Å². The fraction of sp³-hybridized carbons (Fsp3) is 0.400. The number of rotatable bonds is 5. The van der Waals surface area contributed by atoms with E-state index < -0.39 is 0 Å². The van der Waals surface area contributed by atoms with Crippen LogP contribution in [0.5, 0.6) is 0 Å². The van der Waals surface area contributed by atoms with E-state index in [0.717, 1.165) is 24.2 Å². The molecule has 3 N–H and O–H groups in total. The van der Waals surface area contributed by atoms with Gasteiger partial charge in [0.15, 0.2) is 0 Å². The summed E-state index contributed by atoms with van der Waals surface area (Å²) in [4.78, 5) is 7.79. The second-order valence-electron chi connectivity index (χ2n) is 4.82. The first-order valence-corrected chi connectivity index (χ1v) is 6.55. The minimum Gasteiger partial charge on any atom is -0.346 e. The molecule has 1 aromatic heterocycles. The Bertz CT molecular complexity index is 475. The Labute approximate surface area is 108 Å². The van der Waals surface area contributed by atoms with E-state index in [-0.39, 0.29) is 6.04 Å². The summed E-state index contributed by atoms with van der Waals surface area (Å²) in [6.45, 7) is 4.38. The molecule has 2 unspecified atom stereocenters. The van der Waals surface area contributed by atoms with Crippen LogP contribution in [0.3, 0.4) is 0 Å². The predicted octanol–water partition coefficient (Wildman–Crippen LogP) is 3.17. The third-order valence-corrected chi connectivity index (χ3v) is 3.43. The average Bonchev–Trinajstić information content (AvgIpc) is 2.87. The van der Waals surface area contributed by atoms with Crippen molar-refractivity contribution in [3.05, 3.63) is 53.6 Å². The summed E-state index contributed by atoms with van der Waals surface area (Å²) < 4.78 is 0. The molecule has 18 heavy (non-hydrogen) atoms. The van der Waals surface area contributed by atoms with E-state index in [1.807, 2.05) is 24.4 Å². The lowest BCUT2D eigenvalue weighted by Gasteiger charge is -2.10. The molecule has 0 aliphatic carbocycles. The van der Waals surface area contributed by atoms with Gasteiger partial charge in [-0.15, -0.1) is 0 Å². The zero-order valence-corrected chi connectivity index (χ0v) is 11.1. The maximum Gasteiger partial charge on any atom is 0.108 e. The van der Waals surface area contributed by atoms with Gasteiger partial charge in [0.25, 0.3) is 0 Å². The van der Waals surface area contributed by atoms with Crippen molar-refractivity contribution in [2.75, 3.05) is 0 Å². The fourth-order valence-corrected chi connectivity index (χ4v) is 1.98. The standard InChI is InChI=1S/C15H21N3/c1-3-11(2)14-10-17-15(18-14)9-13(16)12-7-5-4-6-8-12/h4-8,10-11,13H,3,9,16H2,1-2H3,(H,17,18). The quantitative estimate of drug-likeness (QED) is 0.847. The monoisotopic (exact) mass is 243 g/mol. The maximum atomic E-state index is 6.18. The van der Waals surface area contributed by atoms with Crippen LogP contribution in [0.15, 0.2) is 36.5 Å². The van der Waals surface area contributed by atoms with Gasteiger partial charge in [0.1, 0.15) is 5.82 Å². The van der Waals surface area contributed by atoms with Crippen LogP contribution in [0.1, 0.15) is 49.3 Å². The molecule has 1 heterocycles. The van der Waals surface area contributed by atoms with Crippen molar-refractivity contribution in [2.45, 2.75) is 38.6 Å². The molecule has 0 bridgehead atoms. The van der Waals surface area contributed by atoms with Gasteiger partial charge >= 0.3 is 0 Å². The Morgan fingerprint density at radius 1 is 1.28 bits per heavy atom. The molecule has 0 saturated carbocycles. The number of nitrogens with one attached hydrogen (secondary N) is 1. The molecule has 1 aromatic carbocycles. The molecule has 3 nitrogen and oxygen atoms in total. The lowest BCUT2D eigenvalue weighted by atomic mass is 10.0. The highest BCUT2D eigenvalue weighted by Gasteiger charge is 2.11. The highest BCUT2D eigenvalue weighted by atomic mass is 14.9. The minimum absolute atomic E-state index is 0.00197. The van der Waals surface area contributed by atoms with Crippen molar-refractivity contribution in [3.8, 4) is 0 Å². The van der Waals surface area contributed by atoms with Gasteiger partial charge in [-0.05, 0) is 17.9 Å². The number of imidazole rings is 1. The van der Waals surface area contributed by atoms with Crippen molar-refractivity contribution >= 4 is 0 Å². The van der Waals surface area contributed by atoms with Crippen LogP contribution in [0.2, 0.25) is 0 Å². The summed E-state index contributed by atoms with van der Waals surface area (Å²) >= 11 is 0. The molecule has 0 saturated heterocycles. The second-order valence-corrected chi connectivity index (χ2v) is 4.82. The summed E-state index contributed by atoms with van der Waals surface area (Å²) in [5.74, 6) is 1.50. The highest BCUT2D eigenvalue weighted by molar-refractivity contribution is 5.20. The Hall–Kier alpha value is -1.61. The van der Waals surface area contributed by atoms with Crippen LogP contribution >= 0.6 is 0 Å². The number of hydrogen-bond donors (Lipinski definition) is 2. The van der Waals surface area contributed by atoms with Crippen molar-refractivity contribution in [2.24, 2.45) is 5.73 Å². The van der Waals surface area contributed by atoms with Crippen molar-refractivity contribution in [1.29, 1.82) is 0 Å². The van der Waals surface area contributed by atoms with E-state index in [1.165, 1.54) is 5.69 Å². The van der Waals surface area contributed by atoms with Gasteiger partial charge in [-0.1, -0.05) is 44.2 Å². The van der Waals surface area contributed by atoms with E-state index in [4.69, 9.17) is 5.73 Å². The number of H-pyrrole nitrogens is 1. The van der Waals surface area contributed by atoms with Crippen LogP contribution in [-0.4, -0.2) is 9.97 Å². The molecule has 0 aliphatic rings. The summed E-state index contributed by atoms with van der Waals surface area (Å²) in [6, 6.07) is 10.2. The normalized spacial score (nSPS) is 14.4.